The Balaban J connectivity index is 1.96. The molecule has 9 heteroatoms. The minimum Gasteiger partial charge on any atom is -0.329 e. The number of piperazine rings is 1. The maximum absolute atomic E-state index is 12.4. The zero-order valence-electron chi connectivity index (χ0n) is 11.2. The van der Waals surface area contributed by atoms with E-state index in [-0.39, 0.29) is 6.04 Å². The first kappa shape index (κ1) is 17.5. The highest BCUT2D eigenvalue weighted by Crippen LogP contribution is 2.37. The van der Waals surface area contributed by atoms with Crippen molar-refractivity contribution in [1.82, 2.24) is 9.80 Å². The first-order valence-electron chi connectivity index (χ1n) is 6.48. The van der Waals surface area contributed by atoms with Crippen LogP contribution in [0.25, 0.3) is 0 Å². The van der Waals surface area contributed by atoms with Crippen LogP contribution >= 0.6 is 38.9 Å². The van der Waals surface area contributed by atoms with Crippen molar-refractivity contribution in [3.05, 3.63) is 19.8 Å². The molecular weight excluding hydrogens is 391 g/mol. The minimum atomic E-state index is -4.14. The zero-order chi connectivity index (χ0) is 15.6. The second-order valence-corrected chi connectivity index (χ2v) is 7.49. The first-order chi connectivity index (χ1) is 9.80. The van der Waals surface area contributed by atoms with E-state index < -0.39 is 12.7 Å². The van der Waals surface area contributed by atoms with Crippen LogP contribution in [0.4, 0.5) is 13.2 Å². The van der Waals surface area contributed by atoms with E-state index in [4.69, 9.17) is 17.3 Å². The van der Waals surface area contributed by atoms with Gasteiger partial charge in [-0.15, -0.1) is 11.3 Å². The van der Waals surface area contributed by atoms with Gasteiger partial charge in [-0.25, -0.2) is 0 Å². The van der Waals surface area contributed by atoms with E-state index in [1.54, 1.807) is 0 Å². The predicted molar refractivity (Wildman–Crippen MR) is 82.9 cm³/mol. The number of alkyl halides is 3. The molecule has 2 N–H and O–H groups in total. The number of halogens is 5. The van der Waals surface area contributed by atoms with Gasteiger partial charge in [-0.05, 0) is 22.0 Å². The fraction of sp³-hybridized carbons (Fsp3) is 0.667. The summed E-state index contributed by atoms with van der Waals surface area (Å²) in [5, 5.41) is 0. The molecule has 1 aliphatic heterocycles. The Labute approximate surface area is 139 Å². The van der Waals surface area contributed by atoms with Crippen molar-refractivity contribution in [2.75, 3.05) is 39.3 Å². The highest BCUT2D eigenvalue weighted by Gasteiger charge is 2.33. The fourth-order valence-electron chi connectivity index (χ4n) is 2.46. The average Bonchev–Trinajstić information content (AvgIpc) is 2.70. The minimum absolute atomic E-state index is 0.00633. The van der Waals surface area contributed by atoms with E-state index in [9.17, 15) is 13.2 Å². The SMILES string of the molecule is NCC(c1cc(Br)c(Cl)s1)N1CCN(CC(F)(F)F)CC1. The molecule has 1 aromatic rings. The Bertz CT molecular complexity index is 455. The molecule has 0 spiro atoms. The van der Waals surface area contributed by atoms with Crippen molar-refractivity contribution in [1.29, 1.82) is 0 Å². The molecule has 0 radical (unpaired) electrons. The van der Waals surface area contributed by atoms with E-state index >= 15 is 0 Å². The van der Waals surface area contributed by atoms with Crippen LogP contribution < -0.4 is 5.73 Å². The number of rotatable bonds is 4. The fourth-order valence-corrected chi connectivity index (χ4v) is 4.34. The van der Waals surface area contributed by atoms with Gasteiger partial charge in [-0.3, -0.25) is 9.80 Å². The molecule has 1 aromatic heterocycles. The molecule has 1 aliphatic rings. The summed E-state index contributed by atoms with van der Waals surface area (Å²) < 4.78 is 38.6. The smallest absolute Gasteiger partial charge is 0.329 e. The summed E-state index contributed by atoms with van der Waals surface area (Å²) in [6.45, 7) is 1.52. The first-order valence-corrected chi connectivity index (χ1v) is 8.47. The largest absolute Gasteiger partial charge is 0.401 e. The quantitative estimate of drug-likeness (QED) is 0.832. The van der Waals surface area contributed by atoms with Gasteiger partial charge in [0.15, 0.2) is 0 Å². The van der Waals surface area contributed by atoms with Crippen LogP contribution in [0.1, 0.15) is 10.9 Å². The molecule has 120 valence electrons. The topological polar surface area (TPSA) is 32.5 Å². The summed E-state index contributed by atoms with van der Waals surface area (Å²) >= 11 is 10.9. The number of hydrogen-bond donors (Lipinski definition) is 1. The molecule has 1 unspecified atom stereocenters. The van der Waals surface area contributed by atoms with Crippen molar-refractivity contribution in [2.45, 2.75) is 12.2 Å². The van der Waals surface area contributed by atoms with Gasteiger partial charge in [0, 0.05) is 42.1 Å². The van der Waals surface area contributed by atoms with Gasteiger partial charge in [0.25, 0.3) is 0 Å². The summed E-state index contributed by atoms with van der Waals surface area (Å²) in [7, 11) is 0. The summed E-state index contributed by atoms with van der Waals surface area (Å²) in [5.41, 5.74) is 5.84. The predicted octanol–water partition coefficient (Wildman–Crippen LogP) is 3.34. The third-order valence-corrected chi connectivity index (χ3v) is 6.04. The van der Waals surface area contributed by atoms with Gasteiger partial charge >= 0.3 is 6.18 Å². The molecule has 21 heavy (non-hydrogen) atoms. The molecule has 1 saturated heterocycles. The summed E-state index contributed by atoms with van der Waals surface area (Å²) in [6, 6.07) is 1.94. The highest BCUT2D eigenvalue weighted by atomic mass is 79.9. The lowest BCUT2D eigenvalue weighted by Crippen LogP contribution is -2.51. The molecule has 0 aliphatic carbocycles. The van der Waals surface area contributed by atoms with Gasteiger partial charge in [-0.2, -0.15) is 13.2 Å². The third-order valence-electron chi connectivity index (χ3n) is 3.47. The highest BCUT2D eigenvalue weighted by molar-refractivity contribution is 9.10. The van der Waals surface area contributed by atoms with E-state index in [0.29, 0.717) is 37.1 Å². The average molecular weight is 407 g/mol. The lowest BCUT2D eigenvalue weighted by Gasteiger charge is -2.38. The van der Waals surface area contributed by atoms with Gasteiger partial charge in [-0.1, -0.05) is 11.6 Å². The lowest BCUT2D eigenvalue weighted by molar-refractivity contribution is -0.149. The van der Waals surface area contributed by atoms with Crippen molar-refractivity contribution >= 4 is 38.9 Å². The molecule has 2 heterocycles. The second-order valence-electron chi connectivity index (χ2n) is 4.95. The third kappa shape index (κ3) is 4.80. The van der Waals surface area contributed by atoms with Gasteiger partial charge in [0.2, 0.25) is 0 Å². The molecule has 0 amide bonds. The van der Waals surface area contributed by atoms with Crippen LogP contribution in [0.2, 0.25) is 4.34 Å². The summed E-state index contributed by atoms with van der Waals surface area (Å²) in [5.74, 6) is 0. The van der Waals surface area contributed by atoms with Crippen molar-refractivity contribution in [3.8, 4) is 0 Å². The van der Waals surface area contributed by atoms with Crippen molar-refractivity contribution < 1.29 is 13.2 Å². The molecule has 1 atom stereocenters. The van der Waals surface area contributed by atoms with E-state index in [0.717, 1.165) is 9.35 Å². The number of thiophene rings is 1. The standard InChI is InChI=1S/C12H16BrClF3N3S/c13-8-5-10(21-11(8)14)9(6-18)20-3-1-19(2-4-20)7-12(15,16)17/h5,9H,1-4,6-7,18H2. The second kappa shape index (κ2) is 7.14. The van der Waals surface area contributed by atoms with E-state index in [1.165, 1.54) is 16.2 Å². The Morgan fingerprint density at radius 1 is 1.33 bits per heavy atom. The monoisotopic (exact) mass is 405 g/mol. The molecular formula is C12H16BrClF3N3S. The normalized spacial score (nSPS) is 19.9. The molecule has 0 bridgehead atoms. The Hall–Kier alpha value is 0.140. The van der Waals surface area contributed by atoms with Gasteiger partial charge in [0.05, 0.1) is 12.6 Å². The maximum atomic E-state index is 12.4. The van der Waals surface area contributed by atoms with E-state index in [2.05, 4.69) is 20.8 Å². The van der Waals surface area contributed by atoms with Crippen LogP contribution in [0.3, 0.4) is 0 Å². The number of hydrogen-bond acceptors (Lipinski definition) is 4. The molecule has 3 nitrogen and oxygen atoms in total. The van der Waals surface area contributed by atoms with Crippen LogP contribution in [0.5, 0.6) is 0 Å². The molecule has 0 saturated carbocycles. The van der Waals surface area contributed by atoms with Gasteiger partial charge < -0.3 is 5.73 Å². The zero-order valence-corrected chi connectivity index (χ0v) is 14.3. The Kier molecular flexibility index (Phi) is 5.95. The summed E-state index contributed by atoms with van der Waals surface area (Å²) in [4.78, 5) is 4.60. The lowest BCUT2D eigenvalue weighted by atomic mass is 10.1. The van der Waals surface area contributed by atoms with Crippen LogP contribution in [0.15, 0.2) is 10.5 Å². The van der Waals surface area contributed by atoms with E-state index in [1.807, 2.05) is 6.07 Å². The molecule has 1 fully saturated rings. The molecule has 2 rings (SSSR count). The number of nitrogens with two attached hydrogens (primary N) is 1. The van der Waals surface area contributed by atoms with Gasteiger partial charge in [0.1, 0.15) is 4.34 Å². The maximum Gasteiger partial charge on any atom is 0.401 e. The van der Waals surface area contributed by atoms with Crippen molar-refractivity contribution in [2.24, 2.45) is 5.73 Å². The van der Waals surface area contributed by atoms with Crippen LogP contribution in [0, 0.1) is 0 Å². The van der Waals surface area contributed by atoms with Crippen molar-refractivity contribution in [3.63, 3.8) is 0 Å². The Morgan fingerprint density at radius 2 is 1.95 bits per heavy atom. The Morgan fingerprint density at radius 3 is 2.38 bits per heavy atom. The summed E-state index contributed by atoms with van der Waals surface area (Å²) in [6.07, 6.45) is -4.14. The van der Waals surface area contributed by atoms with Crippen LogP contribution in [-0.2, 0) is 0 Å². The number of nitrogens with zero attached hydrogens (tertiary/aromatic N) is 2. The van der Waals surface area contributed by atoms with Crippen LogP contribution in [-0.4, -0.2) is 55.2 Å². The molecule has 0 aromatic carbocycles.